The van der Waals surface area contributed by atoms with Crippen LogP contribution >= 0.6 is 0 Å². The molecule has 0 unspecified atom stereocenters. The number of benzene rings is 1. The summed E-state index contributed by atoms with van der Waals surface area (Å²) >= 11 is 0. The molecule has 1 saturated heterocycles. The van der Waals surface area contributed by atoms with Gasteiger partial charge in [-0.15, -0.1) is 0 Å². The number of hydrogen-bond donors (Lipinski definition) is 1. The molecule has 1 aromatic rings. The Balaban J connectivity index is 1.70. The third-order valence-electron chi connectivity index (χ3n) is 4.47. The fourth-order valence-electron chi connectivity index (χ4n) is 2.62. The van der Waals surface area contributed by atoms with Crippen LogP contribution in [0, 0.1) is 5.92 Å². The Morgan fingerprint density at radius 1 is 1.05 bits per heavy atom. The molecule has 1 fully saturated rings. The predicted octanol–water partition coefficient (Wildman–Crippen LogP) is 1.96. The van der Waals surface area contributed by atoms with Crippen LogP contribution in [0.4, 0.5) is 0 Å². The molecule has 1 amide bonds. The summed E-state index contributed by atoms with van der Waals surface area (Å²) < 4.78 is 0. The number of amides is 1. The molecular formula is C18H29N3O. The normalized spacial score (nSPS) is 18.4. The summed E-state index contributed by atoms with van der Waals surface area (Å²) in [5.74, 6) is 0.629. The third-order valence-corrected chi connectivity index (χ3v) is 4.47. The predicted molar refractivity (Wildman–Crippen MR) is 90.6 cm³/mol. The van der Waals surface area contributed by atoms with Crippen molar-refractivity contribution in [3.05, 3.63) is 35.9 Å². The molecule has 0 aliphatic carbocycles. The molecule has 0 saturated carbocycles. The van der Waals surface area contributed by atoms with E-state index >= 15 is 0 Å². The van der Waals surface area contributed by atoms with E-state index in [0.29, 0.717) is 12.5 Å². The Bertz CT molecular complexity index is 453. The molecule has 1 aromatic carbocycles. The average Bonchev–Trinajstić information content (AvgIpc) is 2.50. The van der Waals surface area contributed by atoms with E-state index in [9.17, 15) is 4.79 Å². The number of nitrogens with zero attached hydrogens (tertiary/aromatic N) is 2. The van der Waals surface area contributed by atoms with Gasteiger partial charge in [0.2, 0.25) is 5.91 Å². The minimum Gasteiger partial charge on any atom is -0.352 e. The number of carbonyl (C=O) groups excluding carboxylic acids is 1. The molecule has 1 heterocycles. The van der Waals surface area contributed by atoms with Gasteiger partial charge in [-0.1, -0.05) is 44.2 Å². The zero-order chi connectivity index (χ0) is 15.9. The molecule has 4 nitrogen and oxygen atoms in total. The number of carbonyl (C=O) groups is 1. The number of rotatable bonds is 6. The molecule has 0 aromatic heterocycles. The lowest BCUT2D eigenvalue weighted by Gasteiger charge is -2.34. The Morgan fingerprint density at radius 3 is 2.23 bits per heavy atom. The van der Waals surface area contributed by atoms with Crippen molar-refractivity contribution in [2.45, 2.75) is 33.4 Å². The fourth-order valence-corrected chi connectivity index (χ4v) is 2.62. The Morgan fingerprint density at radius 2 is 1.64 bits per heavy atom. The smallest absolute Gasteiger partial charge is 0.234 e. The quantitative estimate of drug-likeness (QED) is 0.873. The molecular weight excluding hydrogens is 274 g/mol. The summed E-state index contributed by atoms with van der Waals surface area (Å²) in [5.41, 5.74) is 1.36. The molecule has 1 N–H and O–H groups in total. The first-order chi connectivity index (χ1) is 10.5. The second kappa shape index (κ2) is 8.30. The van der Waals surface area contributed by atoms with Gasteiger partial charge in [0, 0.05) is 38.8 Å². The van der Waals surface area contributed by atoms with E-state index in [1.165, 1.54) is 5.56 Å². The molecule has 0 radical (unpaired) electrons. The lowest BCUT2D eigenvalue weighted by Crippen LogP contribution is -2.50. The minimum absolute atomic E-state index is 0.151. The van der Waals surface area contributed by atoms with Crippen LogP contribution in [0.15, 0.2) is 30.3 Å². The van der Waals surface area contributed by atoms with Crippen LogP contribution in [0.2, 0.25) is 0 Å². The number of piperazine rings is 1. The van der Waals surface area contributed by atoms with Crippen molar-refractivity contribution in [2.75, 3.05) is 32.7 Å². The first-order valence-corrected chi connectivity index (χ1v) is 8.32. The highest BCUT2D eigenvalue weighted by molar-refractivity contribution is 5.78. The summed E-state index contributed by atoms with van der Waals surface area (Å²) in [5, 5.41) is 3.08. The molecule has 1 aliphatic rings. The van der Waals surface area contributed by atoms with E-state index in [1.54, 1.807) is 0 Å². The van der Waals surface area contributed by atoms with Gasteiger partial charge >= 0.3 is 0 Å². The maximum Gasteiger partial charge on any atom is 0.234 e. The van der Waals surface area contributed by atoms with Gasteiger partial charge in [0.15, 0.2) is 0 Å². The van der Waals surface area contributed by atoms with Crippen LogP contribution in [-0.4, -0.2) is 54.5 Å². The van der Waals surface area contributed by atoms with E-state index < -0.39 is 0 Å². The van der Waals surface area contributed by atoms with Gasteiger partial charge in [0.25, 0.3) is 0 Å². The maximum atomic E-state index is 12.0. The Labute approximate surface area is 134 Å². The highest BCUT2D eigenvalue weighted by atomic mass is 16.2. The third kappa shape index (κ3) is 5.43. The van der Waals surface area contributed by atoms with E-state index in [2.05, 4.69) is 66.2 Å². The van der Waals surface area contributed by atoms with Crippen molar-refractivity contribution >= 4 is 5.91 Å². The van der Waals surface area contributed by atoms with E-state index in [4.69, 9.17) is 0 Å². The van der Waals surface area contributed by atoms with Crippen molar-refractivity contribution in [2.24, 2.45) is 5.92 Å². The van der Waals surface area contributed by atoms with E-state index in [-0.39, 0.29) is 11.9 Å². The lowest BCUT2D eigenvalue weighted by molar-refractivity contribution is -0.123. The van der Waals surface area contributed by atoms with Crippen LogP contribution < -0.4 is 5.32 Å². The monoisotopic (exact) mass is 303 g/mol. The zero-order valence-corrected chi connectivity index (χ0v) is 14.1. The van der Waals surface area contributed by atoms with Gasteiger partial charge in [0.1, 0.15) is 0 Å². The maximum absolute atomic E-state index is 12.0. The summed E-state index contributed by atoms with van der Waals surface area (Å²) in [7, 11) is 0. The first kappa shape index (κ1) is 17.0. The van der Waals surface area contributed by atoms with Gasteiger partial charge < -0.3 is 5.32 Å². The topological polar surface area (TPSA) is 35.6 Å². The second-order valence-corrected chi connectivity index (χ2v) is 6.64. The molecule has 1 atom stereocenters. The molecule has 0 spiro atoms. The zero-order valence-electron chi connectivity index (χ0n) is 14.1. The number of hydrogen-bond acceptors (Lipinski definition) is 3. The number of nitrogens with one attached hydrogen (secondary N) is 1. The summed E-state index contributed by atoms with van der Waals surface area (Å²) in [6, 6.07) is 10.8. The standard InChI is InChI=1S/C18H29N3O/c1-15(2)16(3)19-18(22)14-21-11-9-20(10-12-21)13-17-7-5-4-6-8-17/h4-8,15-16H,9-14H2,1-3H3,(H,19,22)/t16-/m1/s1. The highest BCUT2D eigenvalue weighted by Gasteiger charge is 2.20. The first-order valence-electron chi connectivity index (χ1n) is 8.32. The van der Waals surface area contributed by atoms with E-state index in [1.807, 2.05) is 0 Å². The fraction of sp³-hybridized carbons (Fsp3) is 0.611. The van der Waals surface area contributed by atoms with Crippen LogP contribution in [0.5, 0.6) is 0 Å². The molecule has 1 aliphatic heterocycles. The molecule has 122 valence electrons. The molecule has 2 rings (SSSR count). The second-order valence-electron chi connectivity index (χ2n) is 6.64. The van der Waals surface area contributed by atoms with Gasteiger partial charge in [-0.05, 0) is 18.4 Å². The van der Waals surface area contributed by atoms with Crippen LogP contribution in [0.25, 0.3) is 0 Å². The van der Waals surface area contributed by atoms with Crippen molar-refractivity contribution in [1.82, 2.24) is 15.1 Å². The largest absolute Gasteiger partial charge is 0.352 e. The Hall–Kier alpha value is -1.39. The van der Waals surface area contributed by atoms with Crippen molar-refractivity contribution in [3.8, 4) is 0 Å². The van der Waals surface area contributed by atoms with Gasteiger partial charge in [-0.2, -0.15) is 0 Å². The lowest BCUT2D eigenvalue weighted by atomic mass is 10.1. The van der Waals surface area contributed by atoms with Gasteiger partial charge in [-0.3, -0.25) is 14.6 Å². The summed E-state index contributed by atoms with van der Waals surface area (Å²) in [6.45, 7) is 11.9. The highest BCUT2D eigenvalue weighted by Crippen LogP contribution is 2.08. The Kier molecular flexibility index (Phi) is 6.40. The molecule has 4 heteroatoms. The summed E-state index contributed by atoms with van der Waals surface area (Å²) in [6.07, 6.45) is 0. The van der Waals surface area contributed by atoms with Gasteiger partial charge in [-0.25, -0.2) is 0 Å². The van der Waals surface area contributed by atoms with Crippen LogP contribution in [0.3, 0.4) is 0 Å². The van der Waals surface area contributed by atoms with Crippen LogP contribution in [0.1, 0.15) is 26.3 Å². The molecule has 22 heavy (non-hydrogen) atoms. The summed E-state index contributed by atoms with van der Waals surface area (Å²) in [4.78, 5) is 16.7. The van der Waals surface area contributed by atoms with E-state index in [0.717, 1.165) is 32.7 Å². The van der Waals surface area contributed by atoms with Gasteiger partial charge in [0.05, 0.1) is 6.54 Å². The SMILES string of the molecule is CC(C)[C@@H](C)NC(=O)CN1CCN(Cc2ccccc2)CC1. The minimum atomic E-state index is 0.151. The van der Waals surface area contributed by atoms with Crippen molar-refractivity contribution in [1.29, 1.82) is 0 Å². The molecule has 0 bridgehead atoms. The van der Waals surface area contributed by atoms with Crippen molar-refractivity contribution in [3.63, 3.8) is 0 Å². The van der Waals surface area contributed by atoms with Crippen LogP contribution in [-0.2, 0) is 11.3 Å². The van der Waals surface area contributed by atoms with Crippen molar-refractivity contribution < 1.29 is 4.79 Å². The average molecular weight is 303 g/mol.